The van der Waals surface area contributed by atoms with Crippen LogP contribution in [0, 0.1) is 0 Å². The molecule has 0 rings (SSSR count). The van der Waals surface area contributed by atoms with Gasteiger partial charge in [0.1, 0.15) is 6.61 Å². The van der Waals surface area contributed by atoms with E-state index in [1.807, 2.05) is 0 Å². The van der Waals surface area contributed by atoms with Crippen molar-refractivity contribution in [3.05, 3.63) is 0 Å². The summed E-state index contributed by atoms with van der Waals surface area (Å²) in [7, 11) is 0. The SMILES string of the molecule is FC(F)(Cl)COC(C(F)(F)F)C(F)(F)F. The van der Waals surface area contributed by atoms with Crippen LogP contribution in [-0.2, 0) is 4.74 Å². The Morgan fingerprint density at radius 1 is 0.867 bits per heavy atom. The van der Waals surface area contributed by atoms with E-state index in [1.54, 1.807) is 0 Å². The Kier molecular flexibility index (Phi) is 4.19. The molecule has 0 bridgehead atoms. The number of ether oxygens (including phenoxy) is 1. The summed E-state index contributed by atoms with van der Waals surface area (Å²) in [5.74, 6) is 0. The van der Waals surface area contributed by atoms with Gasteiger partial charge in [0, 0.05) is 0 Å². The molecule has 92 valence electrons. The van der Waals surface area contributed by atoms with Crippen LogP contribution in [0.25, 0.3) is 0 Å². The molecule has 0 heterocycles. The van der Waals surface area contributed by atoms with Crippen molar-refractivity contribution in [3.8, 4) is 0 Å². The molecule has 0 aliphatic rings. The molecule has 0 saturated heterocycles. The molecule has 0 aromatic carbocycles. The highest BCUT2D eigenvalue weighted by Gasteiger charge is 2.58. The van der Waals surface area contributed by atoms with E-state index in [4.69, 9.17) is 0 Å². The summed E-state index contributed by atoms with van der Waals surface area (Å²) in [6.07, 6.45) is -15.9. The topological polar surface area (TPSA) is 9.23 Å². The minimum Gasteiger partial charge on any atom is -0.353 e. The van der Waals surface area contributed by atoms with Gasteiger partial charge in [-0.25, -0.2) is 0 Å². The monoisotopic (exact) mass is 266 g/mol. The van der Waals surface area contributed by atoms with Crippen LogP contribution in [0.2, 0.25) is 0 Å². The first-order valence-electron chi connectivity index (χ1n) is 3.16. The predicted octanol–water partition coefficient (Wildman–Crippen LogP) is 3.33. The van der Waals surface area contributed by atoms with Gasteiger partial charge in [0.05, 0.1) is 0 Å². The van der Waals surface area contributed by atoms with Gasteiger partial charge < -0.3 is 4.74 Å². The van der Waals surface area contributed by atoms with E-state index in [1.165, 1.54) is 0 Å². The highest BCUT2D eigenvalue weighted by Crippen LogP contribution is 2.36. The second kappa shape index (κ2) is 4.28. The van der Waals surface area contributed by atoms with Crippen molar-refractivity contribution >= 4 is 11.6 Å². The Bertz CT molecular complexity index is 189. The van der Waals surface area contributed by atoms with E-state index in [9.17, 15) is 35.1 Å². The van der Waals surface area contributed by atoms with Crippen LogP contribution >= 0.6 is 11.6 Å². The molecular formula is C5H3ClF8O. The number of alkyl halides is 9. The standard InChI is InChI=1S/C5H3ClF8O/c6-3(7,8)1-15-2(4(9,10)11)5(12,13)14/h2H,1H2. The van der Waals surface area contributed by atoms with Crippen molar-refractivity contribution in [2.45, 2.75) is 23.8 Å². The van der Waals surface area contributed by atoms with Gasteiger partial charge in [-0.1, -0.05) is 0 Å². The third-order valence-corrected chi connectivity index (χ3v) is 1.12. The lowest BCUT2D eigenvalue weighted by Crippen LogP contribution is -2.45. The predicted molar refractivity (Wildman–Crippen MR) is 32.6 cm³/mol. The first-order valence-corrected chi connectivity index (χ1v) is 3.53. The summed E-state index contributed by atoms with van der Waals surface area (Å²) in [6, 6.07) is 0. The maximum atomic E-state index is 11.8. The zero-order chi connectivity index (χ0) is 12.5. The molecule has 0 N–H and O–H groups in total. The molecule has 0 atom stereocenters. The van der Waals surface area contributed by atoms with Gasteiger partial charge >= 0.3 is 17.7 Å². The van der Waals surface area contributed by atoms with Gasteiger partial charge in [-0.05, 0) is 11.6 Å². The largest absolute Gasteiger partial charge is 0.423 e. The molecule has 0 aromatic heterocycles. The van der Waals surface area contributed by atoms with Crippen LogP contribution in [0.1, 0.15) is 0 Å². The van der Waals surface area contributed by atoms with Crippen molar-refractivity contribution < 1.29 is 39.9 Å². The fourth-order valence-corrected chi connectivity index (χ4v) is 0.615. The van der Waals surface area contributed by atoms with Crippen molar-refractivity contribution in [3.63, 3.8) is 0 Å². The minimum atomic E-state index is -5.82. The van der Waals surface area contributed by atoms with Gasteiger partial charge in [0.25, 0.3) is 0 Å². The summed E-state index contributed by atoms with van der Waals surface area (Å²) in [5, 5.41) is -4.28. The number of hydrogen-bond donors (Lipinski definition) is 0. The van der Waals surface area contributed by atoms with E-state index < -0.39 is 30.4 Å². The molecular weight excluding hydrogens is 263 g/mol. The Labute approximate surface area is 82.9 Å². The Hall–Kier alpha value is -0.310. The van der Waals surface area contributed by atoms with E-state index in [-0.39, 0.29) is 0 Å². The highest BCUT2D eigenvalue weighted by atomic mass is 35.5. The second-order valence-corrected chi connectivity index (χ2v) is 2.94. The fourth-order valence-electron chi connectivity index (χ4n) is 0.552. The molecule has 1 nitrogen and oxygen atoms in total. The van der Waals surface area contributed by atoms with Crippen LogP contribution in [0.15, 0.2) is 0 Å². The van der Waals surface area contributed by atoms with Crippen LogP contribution in [0.3, 0.4) is 0 Å². The third-order valence-electron chi connectivity index (χ3n) is 1.01. The number of halogens is 9. The third kappa shape index (κ3) is 5.98. The maximum Gasteiger partial charge on any atom is 0.423 e. The fraction of sp³-hybridized carbons (Fsp3) is 1.00. The lowest BCUT2D eigenvalue weighted by atomic mass is 10.3. The Balaban J connectivity index is 4.56. The summed E-state index contributed by atoms with van der Waals surface area (Å²) in [5.41, 5.74) is 0. The zero-order valence-corrected chi connectivity index (χ0v) is 7.35. The lowest BCUT2D eigenvalue weighted by molar-refractivity contribution is -0.326. The van der Waals surface area contributed by atoms with Crippen LogP contribution < -0.4 is 0 Å². The van der Waals surface area contributed by atoms with Crippen molar-refractivity contribution in [2.75, 3.05) is 6.61 Å². The van der Waals surface area contributed by atoms with Gasteiger partial charge in [0.2, 0.25) is 6.10 Å². The van der Waals surface area contributed by atoms with Gasteiger partial charge in [-0.2, -0.15) is 35.1 Å². The van der Waals surface area contributed by atoms with E-state index in [0.29, 0.717) is 0 Å². The molecule has 0 amide bonds. The van der Waals surface area contributed by atoms with E-state index in [0.717, 1.165) is 0 Å². The molecule has 0 saturated carbocycles. The first-order chi connectivity index (χ1) is 6.34. The summed E-state index contributed by atoms with van der Waals surface area (Å²) >= 11 is 4.08. The summed E-state index contributed by atoms with van der Waals surface area (Å²) < 4.78 is 96.5. The average molecular weight is 267 g/mol. The summed E-state index contributed by atoms with van der Waals surface area (Å²) in [6.45, 7) is -2.18. The first kappa shape index (κ1) is 14.7. The molecule has 15 heavy (non-hydrogen) atoms. The zero-order valence-electron chi connectivity index (χ0n) is 6.59. The maximum absolute atomic E-state index is 11.8. The Morgan fingerprint density at radius 3 is 1.40 bits per heavy atom. The molecule has 10 heteroatoms. The van der Waals surface area contributed by atoms with Crippen LogP contribution in [0.5, 0.6) is 0 Å². The van der Waals surface area contributed by atoms with Crippen LogP contribution in [0.4, 0.5) is 35.1 Å². The molecule has 0 fully saturated rings. The van der Waals surface area contributed by atoms with E-state index in [2.05, 4.69) is 16.3 Å². The Morgan fingerprint density at radius 2 is 1.20 bits per heavy atom. The molecule has 0 aliphatic carbocycles. The lowest BCUT2D eigenvalue weighted by Gasteiger charge is -2.23. The molecule has 0 radical (unpaired) electrons. The van der Waals surface area contributed by atoms with Crippen molar-refractivity contribution in [1.82, 2.24) is 0 Å². The van der Waals surface area contributed by atoms with E-state index >= 15 is 0 Å². The van der Waals surface area contributed by atoms with Gasteiger partial charge in [-0.3, -0.25) is 0 Å². The quantitative estimate of drug-likeness (QED) is 0.562. The summed E-state index contributed by atoms with van der Waals surface area (Å²) in [4.78, 5) is 0. The van der Waals surface area contributed by atoms with Crippen molar-refractivity contribution in [1.29, 1.82) is 0 Å². The smallest absolute Gasteiger partial charge is 0.353 e. The number of hydrogen-bond acceptors (Lipinski definition) is 1. The highest BCUT2D eigenvalue weighted by molar-refractivity contribution is 6.21. The average Bonchev–Trinajstić information content (AvgIpc) is 1.75. The number of rotatable bonds is 3. The van der Waals surface area contributed by atoms with Crippen LogP contribution in [-0.4, -0.2) is 30.4 Å². The molecule has 0 aromatic rings. The van der Waals surface area contributed by atoms with Gasteiger partial charge in [-0.15, -0.1) is 0 Å². The minimum absolute atomic E-state index is 2.18. The molecule has 0 unspecified atom stereocenters. The molecule has 0 spiro atoms. The normalized spacial score (nSPS) is 14.8. The van der Waals surface area contributed by atoms with Gasteiger partial charge in [0.15, 0.2) is 0 Å². The molecule has 0 aliphatic heterocycles. The second-order valence-electron chi connectivity index (χ2n) is 2.39. The van der Waals surface area contributed by atoms with Crippen molar-refractivity contribution in [2.24, 2.45) is 0 Å².